The van der Waals surface area contributed by atoms with Crippen LogP contribution in [0, 0.1) is 19.8 Å². The monoisotopic (exact) mass is 303 g/mol. The fourth-order valence-corrected chi connectivity index (χ4v) is 2.52. The minimum atomic E-state index is 0.0756. The number of hydrogen-bond donors (Lipinski definition) is 0. The van der Waals surface area contributed by atoms with E-state index < -0.39 is 0 Å². The molecule has 0 aliphatic rings. The first-order valence-corrected chi connectivity index (χ1v) is 7.67. The Kier molecular flexibility index (Phi) is 5.06. The molecule has 5 heteroatoms. The zero-order valence-electron chi connectivity index (χ0n) is 14.1. The molecule has 0 radical (unpaired) electrons. The van der Waals surface area contributed by atoms with Gasteiger partial charge in [-0.15, -0.1) is 0 Å². The molecule has 1 amide bonds. The highest BCUT2D eigenvalue weighted by Crippen LogP contribution is 2.16. The van der Waals surface area contributed by atoms with Crippen LogP contribution >= 0.6 is 0 Å². The number of amides is 1. The topological polar surface area (TPSA) is 51.3 Å². The highest BCUT2D eigenvalue weighted by molar-refractivity contribution is 5.79. The standard InChI is InChI=1S/C17H25N3O2/c1-12(2)10-20-14(4)16(13(3)18-20)9-17(21)19(5)11-15-7-6-8-22-15/h6-8,12H,9-11H2,1-5H3. The Bertz CT molecular complexity index is 627. The van der Waals surface area contributed by atoms with E-state index in [1.807, 2.05) is 30.7 Å². The molecule has 5 nitrogen and oxygen atoms in total. The van der Waals surface area contributed by atoms with Gasteiger partial charge in [-0.3, -0.25) is 9.48 Å². The fourth-order valence-electron chi connectivity index (χ4n) is 2.52. The van der Waals surface area contributed by atoms with Crippen LogP contribution in [0.4, 0.5) is 0 Å². The lowest BCUT2D eigenvalue weighted by Crippen LogP contribution is -2.27. The van der Waals surface area contributed by atoms with Gasteiger partial charge in [-0.1, -0.05) is 13.8 Å². The lowest BCUT2D eigenvalue weighted by atomic mass is 10.1. The Morgan fingerprint density at radius 3 is 2.73 bits per heavy atom. The summed E-state index contributed by atoms with van der Waals surface area (Å²) in [5.74, 6) is 1.40. The number of likely N-dealkylation sites (N-methyl/N-ethyl adjacent to an activating group) is 1. The van der Waals surface area contributed by atoms with Crippen molar-refractivity contribution in [2.45, 2.75) is 47.2 Å². The zero-order chi connectivity index (χ0) is 16.3. The van der Waals surface area contributed by atoms with Gasteiger partial charge in [0, 0.05) is 24.8 Å². The second kappa shape index (κ2) is 6.81. The quantitative estimate of drug-likeness (QED) is 0.824. The average Bonchev–Trinajstić information content (AvgIpc) is 3.02. The van der Waals surface area contributed by atoms with Crippen LogP contribution in [0.1, 0.15) is 36.6 Å². The number of nitrogens with zero attached hydrogens (tertiary/aromatic N) is 3. The van der Waals surface area contributed by atoms with Crippen molar-refractivity contribution >= 4 is 5.91 Å². The molecule has 0 aliphatic heterocycles. The van der Waals surface area contributed by atoms with E-state index in [1.165, 1.54) is 0 Å². The normalized spacial score (nSPS) is 11.2. The lowest BCUT2D eigenvalue weighted by Gasteiger charge is -2.16. The number of aryl methyl sites for hydroxylation is 1. The van der Waals surface area contributed by atoms with E-state index in [4.69, 9.17) is 4.42 Å². The summed E-state index contributed by atoms with van der Waals surface area (Å²) in [6, 6.07) is 3.71. The second-order valence-corrected chi connectivity index (χ2v) is 6.23. The van der Waals surface area contributed by atoms with E-state index in [-0.39, 0.29) is 5.91 Å². The third-order valence-electron chi connectivity index (χ3n) is 3.80. The molecule has 2 rings (SSSR count). The van der Waals surface area contributed by atoms with Crippen LogP contribution in [0.15, 0.2) is 22.8 Å². The molecular weight excluding hydrogens is 278 g/mol. The van der Waals surface area contributed by atoms with Gasteiger partial charge in [0.05, 0.1) is 24.9 Å². The van der Waals surface area contributed by atoms with Gasteiger partial charge >= 0.3 is 0 Å². The van der Waals surface area contributed by atoms with Crippen molar-refractivity contribution in [3.63, 3.8) is 0 Å². The molecule has 0 saturated carbocycles. The van der Waals surface area contributed by atoms with Crippen LogP contribution in [0.3, 0.4) is 0 Å². The summed E-state index contributed by atoms with van der Waals surface area (Å²) >= 11 is 0. The third kappa shape index (κ3) is 3.78. The molecule has 0 fully saturated rings. The first kappa shape index (κ1) is 16.3. The molecule has 2 aromatic heterocycles. The molecule has 120 valence electrons. The Labute approximate surface area is 131 Å². The number of aromatic nitrogens is 2. The maximum Gasteiger partial charge on any atom is 0.227 e. The van der Waals surface area contributed by atoms with Crippen molar-refractivity contribution < 1.29 is 9.21 Å². The summed E-state index contributed by atoms with van der Waals surface area (Å²) in [5, 5.41) is 4.57. The van der Waals surface area contributed by atoms with E-state index in [0.717, 1.165) is 29.3 Å². The Balaban J connectivity index is 2.06. The minimum Gasteiger partial charge on any atom is -0.467 e. The maximum atomic E-state index is 12.4. The lowest BCUT2D eigenvalue weighted by molar-refractivity contribution is -0.129. The summed E-state index contributed by atoms with van der Waals surface area (Å²) in [5.41, 5.74) is 3.07. The van der Waals surface area contributed by atoms with E-state index in [1.54, 1.807) is 18.2 Å². The zero-order valence-corrected chi connectivity index (χ0v) is 14.1. The molecule has 0 atom stereocenters. The van der Waals surface area contributed by atoms with Crippen LogP contribution in [-0.2, 0) is 24.3 Å². The van der Waals surface area contributed by atoms with Crippen molar-refractivity contribution in [3.8, 4) is 0 Å². The van der Waals surface area contributed by atoms with E-state index >= 15 is 0 Å². The number of carbonyl (C=O) groups excluding carboxylic acids is 1. The predicted octanol–water partition coefficient (Wildman–Crippen LogP) is 2.95. The molecule has 0 aliphatic carbocycles. The fraction of sp³-hybridized carbons (Fsp3) is 0.529. The van der Waals surface area contributed by atoms with Crippen LogP contribution in [0.2, 0.25) is 0 Å². The number of hydrogen-bond acceptors (Lipinski definition) is 3. The van der Waals surface area contributed by atoms with Crippen molar-refractivity contribution in [1.82, 2.24) is 14.7 Å². The van der Waals surface area contributed by atoms with E-state index in [2.05, 4.69) is 18.9 Å². The van der Waals surface area contributed by atoms with E-state index in [9.17, 15) is 4.79 Å². The Hall–Kier alpha value is -2.04. The molecule has 0 spiro atoms. The Morgan fingerprint density at radius 2 is 2.14 bits per heavy atom. The molecule has 0 saturated heterocycles. The SMILES string of the molecule is Cc1nn(CC(C)C)c(C)c1CC(=O)N(C)Cc1ccco1. The van der Waals surface area contributed by atoms with Crippen LogP contribution < -0.4 is 0 Å². The first-order valence-electron chi connectivity index (χ1n) is 7.67. The van der Waals surface area contributed by atoms with Crippen LogP contribution in [0.25, 0.3) is 0 Å². The highest BCUT2D eigenvalue weighted by atomic mass is 16.3. The molecule has 0 aromatic carbocycles. The van der Waals surface area contributed by atoms with Crippen LogP contribution in [-0.4, -0.2) is 27.6 Å². The van der Waals surface area contributed by atoms with E-state index in [0.29, 0.717) is 18.9 Å². The summed E-state index contributed by atoms with van der Waals surface area (Å²) < 4.78 is 7.30. The van der Waals surface area contributed by atoms with Gasteiger partial charge in [0.25, 0.3) is 0 Å². The highest BCUT2D eigenvalue weighted by Gasteiger charge is 2.18. The smallest absolute Gasteiger partial charge is 0.227 e. The molecule has 0 unspecified atom stereocenters. The number of rotatable bonds is 6. The largest absolute Gasteiger partial charge is 0.467 e. The summed E-state index contributed by atoms with van der Waals surface area (Å²) in [6.45, 7) is 9.71. The van der Waals surface area contributed by atoms with Gasteiger partial charge in [-0.05, 0) is 31.9 Å². The van der Waals surface area contributed by atoms with Gasteiger partial charge in [0.1, 0.15) is 5.76 Å². The molecule has 0 bridgehead atoms. The van der Waals surface area contributed by atoms with Gasteiger partial charge in [-0.25, -0.2) is 0 Å². The van der Waals surface area contributed by atoms with Gasteiger partial charge < -0.3 is 9.32 Å². The van der Waals surface area contributed by atoms with Crippen molar-refractivity contribution in [2.75, 3.05) is 7.05 Å². The molecule has 22 heavy (non-hydrogen) atoms. The number of carbonyl (C=O) groups is 1. The summed E-state index contributed by atoms with van der Waals surface area (Å²) in [7, 11) is 1.80. The molecule has 0 N–H and O–H groups in total. The predicted molar refractivity (Wildman–Crippen MR) is 85.4 cm³/mol. The van der Waals surface area contributed by atoms with Crippen molar-refractivity contribution in [1.29, 1.82) is 0 Å². The molecule has 2 aromatic rings. The van der Waals surface area contributed by atoms with Gasteiger partial charge in [0.2, 0.25) is 5.91 Å². The summed E-state index contributed by atoms with van der Waals surface area (Å²) in [4.78, 5) is 14.1. The maximum absolute atomic E-state index is 12.4. The van der Waals surface area contributed by atoms with Gasteiger partial charge in [-0.2, -0.15) is 5.10 Å². The average molecular weight is 303 g/mol. The third-order valence-corrected chi connectivity index (χ3v) is 3.80. The Morgan fingerprint density at radius 1 is 1.41 bits per heavy atom. The first-order chi connectivity index (χ1) is 10.4. The van der Waals surface area contributed by atoms with Crippen molar-refractivity contribution in [3.05, 3.63) is 41.1 Å². The molecular formula is C17H25N3O2. The summed E-state index contributed by atoms with van der Waals surface area (Å²) in [6.07, 6.45) is 2.00. The number of furan rings is 1. The van der Waals surface area contributed by atoms with Crippen molar-refractivity contribution in [2.24, 2.45) is 5.92 Å². The minimum absolute atomic E-state index is 0.0756. The second-order valence-electron chi connectivity index (χ2n) is 6.23. The van der Waals surface area contributed by atoms with Crippen LogP contribution in [0.5, 0.6) is 0 Å². The molecule has 2 heterocycles. The van der Waals surface area contributed by atoms with Gasteiger partial charge in [0.15, 0.2) is 0 Å².